The molecule has 0 saturated heterocycles. The highest BCUT2D eigenvalue weighted by Gasteiger charge is 2.17. The van der Waals surface area contributed by atoms with Crippen LogP contribution in [0.5, 0.6) is 0 Å². The summed E-state index contributed by atoms with van der Waals surface area (Å²) in [5.74, 6) is 1.94. The lowest BCUT2D eigenvalue weighted by Crippen LogP contribution is -2.00. The second kappa shape index (κ2) is 10.2. The standard InChI is InChI=1S/C41H25N3O/c1-3-12-26(13-4-1)39-42-40(27-14-5-2-6-15-27)44-41(43-39)34-22-11-20-29-30(19-10-21-31(29)34)32-18-9-16-28-24-36-33-17-7-8-23-37(33)45-38(36)25-35(28)32/h1-25H. The summed E-state index contributed by atoms with van der Waals surface area (Å²) in [4.78, 5) is 14.9. The third-order valence-corrected chi connectivity index (χ3v) is 8.53. The number of rotatable bonds is 4. The van der Waals surface area contributed by atoms with Gasteiger partial charge >= 0.3 is 0 Å². The molecule has 4 heteroatoms. The molecule has 45 heavy (non-hydrogen) atoms. The molecule has 210 valence electrons. The van der Waals surface area contributed by atoms with Gasteiger partial charge in [-0.2, -0.15) is 0 Å². The SMILES string of the molecule is c1ccc(-c2nc(-c3ccccc3)nc(-c3cccc4c(-c5cccc6cc7c(cc56)oc5ccccc57)cccc34)n2)cc1. The predicted octanol–water partition coefficient (Wildman–Crippen LogP) is 10.7. The highest BCUT2D eigenvalue weighted by Crippen LogP contribution is 2.40. The Morgan fingerprint density at radius 2 is 0.867 bits per heavy atom. The fraction of sp³-hybridized carbons (Fsp3) is 0. The number of nitrogens with zero attached hydrogens (tertiary/aromatic N) is 3. The lowest BCUT2D eigenvalue weighted by Gasteiger charge is -2.14. The van der Waals surface area contributed by atoms with Crippen molar-refractivity contribution in [1.29, 1.82) is 0 Å². The second-order valence-electron chi connectivity index (χ2n) is 11.2. The first-order valence-electron chi connectivity index (χ1n) is 15.0. The second-order valence-corrected chi connectivity index (χ2v) is 11.2. The molecule has 0 fully saturated rings. The van der Waals surface area contributed by atoms with Crippen molar-refractivity contribution in [1.82, 2.24) is 15.0 Å². The summed E-state index contributed by atoms with van der Waals surface area (Å²) < 4.78 is 6.29. The first-order chi connectivity index (χ1) is 22.3. The average molecular weight is 576 g/mol. The van der Waals surface area contributed by atoms with E-state index in [4.69, 9.17) is 19.4 Å². The van der Waals surface area contributed by atoms with Gasteiger partial charge in [0, 0.05) is 27.5 Å². The first-order valence-corrected chi connectivity index (χ1v) is 15.0. The van der Waals surface area contributed by atoms with Crippen molar-refractivity contribution in [2.24, 2.45) is 0 Å². The fourth-order valence-electron chi connectivity index (χ4n) is 6.40. The molecule has 0 N–H and O–H groups in total. The predicted molar refractivity (Wildman–Crippen MR) is 184 cm³/mol. The highest BCUT2D eigenvalue weighted by molar-refractivity contribution is 6.14. The summed E-state index contributed by atoms with van der Waals surface area (Å²) in [5.41, 5.74) is 6.97. The van der Waals surface area contributed by atoms with Crippen LogP contribution in [0.1, 0.15) is 0 Å². The minimum Gasteiger partial charge on any atom is -0.456 e. The van der Waals surface area contributed by atoms with Gasteiger partial charge in [0.1, 0.15) is 11.2 Å². The number of hydrogen-bond acceptors (Lipinski definition) is 4. The molecule has 0 unspecified atom stereocenters. The lowest BCUT2D eigenvalue weighted by atomic mass is 9.92. The van der Waals surface area contributed by atoms with E-state index in [9.17, 15) is 0 Å². The summed E-state index contributed by atoms with van der Waals surface area (Å²) in [7, 11) is 0. The molecule has 0 saturated carbocycles. The Labute approximate surface area is 259 Å². The maximum Gasteiger partial charge on any atom is 0.164 e. The van der Waals surface area contributed by atoms with Crippen LogP contribution in [-0.2, 0) is 0 Å². The van der Waals surface area contributed by atoms with Gasteiger partial charge in [0.25, 0.3) is 0 Å². The summed E-state index contributed by atoms with van der Waals surface area (Å²) in [6.45, 7) is 0. The van der Waals surface area contributed by atoms with Crippen molar-refractivity contribution >= 4 is 43.5 Å². The van der Waals surface area contributed by atoms with E-state index < -0.39 is 0 Å². The van der Waals surface area contributed by atoms with Crippen LogP contribution in [0.15, 0.2) is 156 Å². The zero-order valence-corrected chi connectivity index (χ0v) is 24.2. The Morgan fingerprint density at radius 3 is 1.58 bits per heavy atom. The van der Waals surface area contributed by atoms with Crippen molar-refractivity contribution in [3.8, 4) is 45.3 Å². The van der Waals surface area contributed by atoms with Crippen molar-refractivity contribution in [3.63, 3.8) is 0 Å². The van der Waals surface area contributed by atoms with E-state index in [1.807, 2.05) is 72.8 Å². The third kappa shape index (κ3) is 4.27. The molecule has 9 aromatic rings. The van der Waals surface area contributed by atoms with E-state index in [0.29, 0.717) is 17.5 Å². The minimum absolute atomic E-state index is 0.646. The summed E-state index contributed by atoms with van der Waals surface area (Å²) >= 11 is 0. The largest absolute Gasteiger partial charge is 0.456 e. The smallest absolute Gasteiger partial charge is 0.164 e. The number of para-hydroxylation sites is 1. The van der Waals surface area contributed by atoms with Crippen molar-refractivity contribution in [2.45, 2.75) is 0 Å². The summed E-state index contributed by atoms with van der Waals surface area (Å²) in [5, 5.41) is 6.82. The molecule has 9 rings (SSSR count). The van der Waals surface area contributed by atoms with Gasteiger partial charge in [-0.1, -0.05) is 133 Å². The number of aromatic nitrogens is 3. The van der Waals surface area contributed by atoms with Crippen molar-refractivity contribution < 1.29 is 4.42 Å². The van der Waals surface area contributed by atoms with Crippen LogP contribution in [0.2, 0.25) is 0 Å². The van der Waals surface area contributed by atoms with E-state index in [0.717, 1.165) is 65.9 Å². The third-order valence-electron chi connectivity index (χ3n) is 8.53. The zero-order chi connectivity index (χ0) is 29.7. The first kappa shape index (κ1) is 25.4. The van der Waals surface area contributed by atoms with Crippen LogP contribution in [0.4, 0.5) is 0 Å². The van der Waals surface area contributed by atoms with Crippen LogP contribution >= 0.6 is 0 Å². The highest BCUT2D eigenvalue weighted by atomic mass is 16.3. The maximum absolute atomic E-state index is 6.29. The molecule has 0 atom stereocenters. The van der Waals surface area contributed by atoms with Crippen LogP contribution in [0, 0.1) is 0 Å². The molecular formula is C41H25N3O. The normalized spacial score (nSPS) is 11.6. The molecule has 4 nitrogen and oxygen atoms in total. The molecule has 0 radical (unpaired) electrons. The number of fused-ring (bicyclic) bond motifs is 5. The van der Waals surface area contributed by atoms with Crippen LogP contribution in [0.25, 0.3) is 88.8 Å². The molecule has 0 aliphatic heterocycles. The Hall–Kier alpha value is -6.13. The lowest BCUT2D eigenvalue weighted by molar-refractivity contribution is 0.669. The van der Waals surface area contributed by atoms with E-state index in [1.165, 1.54) is 5.39 Å². The molecule has 0 bridgehead atoms. The van der Waals surface area contributed by atoms with Gasteiger partial charge in [0.05, 0.1) is 0 Å². The van der Waals surface area contributed by atoms with Crippen molar-refractivity contribution in [3.05, 3.63) is 152 Å². The van der Waals surface area contributed by atoms with Gasteiger partial charge in [-0.15, -0.1) is 0 Å². The fourth-order valence-corrected chi connectivity index (χ4v) is 6.40. The number of hydrogen-bond donors (Lipinski definition) is 0. The van der Waals surface area contributed by atoms with Crippen molar-refractivity contribution in [2.75, 3.05) is 0 Å². The Morgan fingerprint density at radius 1 is 0.333 bits per heavy atom. The summed E-state index contributed by atoms with van der Waals surface area (Å²) in [6.07, 6.45) is 0. The van der Waals surface area contributed by atoms with Gasteiger partial charge in [0.15, 0.2) is 17.5 Å². The van der Waals surface area contributed by atoms with Gasteiger partial charge < -0.3 is 4.42 Å². The van der Waals surface area contributed by atoms with E-state index in [2.05, 4.69) is 78.9 Å². The van der Waals surface area contributed by atoms with Gasteiger partial charge in [-0.3, -0.25) is 0 Å². The molecule has 0 amide bonds. The molecular weight excluding hydrogens is 550 g/mol. The van der Waals surface area contributed by atoms with E-state index >= 15 is 0 Å². The average Bonchev–Trinajstić information content (AvgIpc) is 3.48. The van der Waals surface area contributed by atoms with Gasteiger partial charge in [-0.05, 0) is 50.9 Å². The van der Waals surface area contributed by atoms with E-state index in [-0.39, 0.29) is 0 Å². The Balaban J connectivity index is 1.26. The molecule has 2 heterocycles. The molecule has 0 spiro atoms. The number of furan rings is 1. The quantitative estimate of drug-likeness (QED) is 0.209. The van der Waals surface area contributed by atoms with Gasteiger partial charge in [0.2, 0.25) is 0 Å². The molecule has 0 aliphatic rings. The van der Waals surface area contributed by atoms with Crippen LogP contribution in [-0.4, -0.2) is 15.0 Å². The van der Waals surface area contributed by atoms with Gasteiger partial charge in [-0.25, -0.2) is 15.0 Å². The van der Waals surface area contributed by atoms with Crippen LogP contribution in [0.3, 0.4) is 0 Å². The van der Waals surface area contributed by atoms with Crippen LogP contribution < -0.4 is 0 Å². The molecule has 0 aliphatic carbocycles. The molecule has 7 aromatic carbocycles. The topological polar surface area (TPSA) is 51.8 Å². The number of benzene rings is 7. The maximum atomic E-state index is 6.29. The summed E-state index contributed by atoms with van der Waals surface area (Å²) in [6, 6.07) is 52.2. The Kier molecular flexibility index (Phi) is 5.78. The minimum atomic E-state index is 0.646. The monoisotopic (exact) mass is 575 g/mol. The Bertz CT molecular complexity index is 2480. The van der Waals surface area contributed by atoms with E-state index in [1.54, 1.807) is 0 Å². The zero-order valence-electron chi connectivity index (χ0n) is 24.2. The molecule has 2 aromatic heterocycles.